The van der Waals surface area contributed by atoms with E-state index in [9.17, 15) is 9.13 Å². The van der Waals surface area contributed by atoms with Gasteiger partial charge in [-0.25, -0.2) is 9.97 Å². The van der Waals surface area contributed by atoms with Gasteiger partial charge in [-0.15, -0.1) is 0 Å². The van der Waals surface area contributed by atoms with Crippen LogP contribution in [0.25, 0.3) is 76.7 Å². The van der Waals surface area contributed by atoms with Crippen LogP contribution >= 0.6 is 26.5 Å². The van der Waals surface area contributed by atoms with E-state index in [0.29, 0.717) is 6.16 Å². The molecule has 0 saturated carbocycles. The van der Waals surface area contributed by atoms with Crippen LogP contribution in [0.15, 0.2) is 133 Å². The fourth-order valence-electron chi connectivity index (χ4n) is 8.07. The number of rotatable bonds is 7. The lowest BCUT2D eigenvalue weighted by Gasteiger charge is -2.18. The van der Waals surface area contributed by atoms with Crippen LogP contribution in [0.4, 0.5) is 0 Å². The van der Waals surface area contributed by atoms with Crippen molar-refractivity contribution in [2.24, 2.45) is 0 Å². The molecule has 0 aliphatic heterocycles. The van der Waals surface area contributed by atoms with Crippen molar-refractivity contribution in [1.29, 1.82) is 0 Å². The third-order valence-electron chi connectivity index (χ3n) is 10.9. The molecule has 0 aliphatic carbocycles. The minimum Gasteiger partial charge on any atom is -0.319 e. The van der Waals surface area contributed by atoms with Gasteiger partial charge < -0.3 is 4.57 Å². The van der Waals surface area contributed by atoms with Gasteiger partial charge in [-0.1, -0.05) is 128 Å². The fourth-order valence-corrected chi connectivity index (χ4v) is 11.4. The Morgan fingerprint density at radius 2 is 1.05 bits per heavy atom. The predicted octanol–water partition coefficient (Wildman–Crippen LogP) is 13.9. The first-order chi connectivity index (χ1) is 27.8. The number of nitrogens with zero attached hydrogens (tertiary/aromatic N) is 4. The van der Waals surface area contributed by atoms with Crippen LogP contribution < -0.4 is 5.30 Å². The van der Waals surface area contributed by atoms with Gasteiger partial charge in [0.15, 0.2) is 0 Å². The van der Waals surface area contributed by atoms with Gasteiger partial charge in [0.25, 0.3) is 0 Å². The molecule has 6 nitrogen and oxygen atoms in total. The zero-order chi connectivity index (χ0) is 39.7. The molecule has 0 fully saturated rings. The van der Waals surface area contributed by atoms with Gasteiger partial charge in [0.1, 0.15) is 30.8 Å². The fraction of sp³-hybridized carbons (Fsp3) is 0.208. The summed E-state index contributed by atoms with van der Waals surface area (Å²) in [4.78, 5) is 9.78. The average molecular weight is 808 g/mol. The summed E-state index contributed by atoms with van der Waals surface area (Å²) >= 11 is 6.25. The summed E-state index contributed by atoms with van der Waals surface area (Å²) in [6.45, 7) is 8.18. The van der Waals surface area contributed by atoms with E-state index in [-0.39, 0.29) is 0 Å². The van der Waals surface area contributed by atoms with Crippen LogP contribution in [0.2, 0.25) is 5.02 Å². The van der Waals surface area contributed by atoms with E-state index in [4.69, 9.17) is 21.6 Å². The lowest BCUT2D eigenvalue weighted by atomic mass is 10.1. The second kappa shape index (κ2) is 16.4. The molecule has 10 rings (SSSR count). The van der Waals surface area contributed by atoms with Gasteiger partial charge in [-0.3, -0.25) is 8.80 Å². The van der Waals surface area contributed by atoms with Gasteiger partial charge in [0.2, 0.25) is 0 Å². The molecule has 57 heavy (non-hydrogen) atoms. The van der Waals surface area contributed by atoms with Crippen molar-refractivity contribution in [2.75, 3.05) is 24.6 Å². The van der Waals surface area contributed by atoms with Crippen LogP contribution in [0.1, 0.15) is 40.5 Å². The lowest BCUT2D eigenvalue weighted by molar-refractivity contribution is 0.580. The Morgan fingerprint density at radius 3 is 1.54 bits per heavy atom. The van der Waals surface area contributed by atoms with Crippen LogP contribution in [-0.4, -0.2) is 43.4 Å². The first-order valence-electron chi connectivity index (χ1n) is 19.9. The highest BCUT2D eigenvalue weighted by molar-refractivity contribution is 7.71. The Hall–Kier alpha value is -5.12. The molecular formula is C48H46ClN4O2P2+. The van der Waals surface area contributed by atoms with E-state index < -0.39 is 14.9 Å². The summed E-state index contributed by atoms with van der Waals surface area (Å²) in [6, 6.07) is 45.7. The zero-order valence-electron chi connectivity index (χ0n) is 32.8. The van der Waals surface area contributed by atoms with Gasteiger partial charge in [0, 0.05) is 44.2 Å². The Bertz CT molecular complexity index is 3170. The van der Waals surface area contributed by atoms with Gasteiger partial charge in [0.05, 0.1) is 33.1 Å². The molecule has 0 spiro atoms. The third kappa shape index (κ3) is 7.10. The van der Waals surface area contributed by atoms with Gasteiger partial charge >= 0.3 is 7.80 Å². The minimum atomic E-state index is -2.37. The molecule has 4 heterocycles. The summed E-state index contributed by atoms with van der Waals surface area (Å²) in [5, 5.41) is 8.79. The lowest BCUT2D eigenvalue weighted by Crippen LogP contribution is -2.10. The SMILES string of the molecule is CCCP(=O)(CC)c1ccc2c3ccccc3c3nc4ccccc4n3c2c1.CCC[P+](=O)CC.Clc1ccc2c3ccccc3c3nc4ccccc4n3c2c1. The molecule has 10 aromatic rings. The molecule has 9 heteroatoms. The summed E-state index contributed by atoms with van der Waals surface area (Å²) in [5.41, 5.74) is 8.30. The van der Waals surface area contributed by atoms with Crippen LogP contribution in [0.3, 0.4) is 0 Å². The maximum atomic E-state index is 13.6. The number of imidazole rings is 2. The average Bonchev–Trinajstić information content (AvgIpc) is 3.84. The van der Waals surface area contributed by atoms with Crippen LogP contribution in [0, 0.1) is 0 Å². The molecule has 4 aromatic heterocycles. The van der Waals surface area contributed by atoms with Crippen molar-refractivity contribution in [3.8, 4) is 0 Å². The number of fused-ring (bicyclic) bond motifs is 16. The van der Waals surface area contributed by atoms with Crippen molar-refractivity contribution >= 4 is 109 Å². The molecule has 0 radical (unpaired) electrons. The number of pyridine rings is 2. The largest absolute Gasteiger partial charge is 0.338 e. The van der Waals surface area contributed by atoms with E-state index in [0.717, 1.165) is 96.8 Å². The molecule has 2 unspecified atom stereocenters. The minimum absolute atomic E-state index is 0.702. The van der Waals surface area contributed by atoms with Crippen LogP contribution in [-0.2, 0) is 9.13 Å². The van der Waals surface area contributed by atoms with E-state index in [2.05, 4.69) is 120 Å². The zero-order valence-corrected chi connectivity index (χ0v) is 35.4. The number of aromatic nitrogens is 4. The number of hydrogen-bond acceptors (Lipinski definition) is 4. The standard InChI is InChI=1S/C24H23N2OP.C19H11ClN2.C5H12OP/c1-3-15-28(27,4-2)17-13-14-19-18-9-5-6-10-20(18)24-25-21-11-7-8-12-22(21)26(24)23(19)16-17;20-12-9-10-14-13-5-1-2-6-15(13)19-21-16-7-3-4-8-17(16)22(19)18(14)11-12;1-3-5-7(6)4-2/h5-14,16H,3-4,15H2,1-2H3;1-11H;3-5H2,1-2H3/q;;+1. The Labute approximate surface area is 338 Å². The second-order valence-electron chi connectivity index (χ2n) is 14.4. The molecule has 6 aromatic carbocycles. The monoisotopic (exact) mass is 807 g/mol. The van der Waals surface area contributed by atoms with Crippen LogP contribution in [0.5, 0.6) is 0 Å². The molecular weight excluding hydrogens is 762 g/mol. The molecule has 0 aliphatic rings. The first kappa shape index (κ1) is 38.7. The summed E-state index contributed by atoms with van der Waals surface area (Å²) < 4.78 is 28.6. The van der Waals surface area contributed by atoms with E-state index in [1.807, 2.05) is 50.2 Å². The number of halogens is 1. The maximum absolute atomic E-state index is 13.6. The Kier molecular flexibility index (Phi) is 11.1. The molecule has 0 N–H and O–H groups in total. The summed E-state index contributed by atoms with van der Waals surface area (Å²) in [7, 11) is -3.20. The number of para-hydroxylation sites is 4. The third-order valence-corrected chi connectivity index (χ3v) is 16.1. The summed E-state index contributed by atoms with van der Waals surface area (Å²) in [5.74, 6) is 0. The van der Waals surface area contributed by atoms with Gasteiger partial charge in [-0.2, -0.15) is 0 Å². The van der Waals surface area contributed by atoms with Gasteiger partial charge in [-0.05, 0) is 73.0 Å². The highest BCUT2D eigenvalue weighted by Gasteiger charge is 2.23. The smallest absolute Gasteiger partial charge is 0.319 e. The van der Waals surface area contributed by atoms with Crippen molar-refractivity contribution in [3.05, 3.63) is 138 Å². The molecule has 2 atom stereocenters. The Balaban J connectivity index is 0.000000140. The summed E-state index contributed by atoms with van der Waals surface area (Å²) in [6.07, 6.45) is 5.21. The first-order valence-corrected chi connectivity index (χ1v) is 24.0. The predicted molar refractivity (Wildman–Crippen MR) is 247 cm³/mol. The van der Waals surface area contributed by atoms with E-state index >= 15 is 0 Å². The second-order valence-corrected chi connectivity index (χ2v) is 20.3. The molecule has 0 saturated heterocycles. The quantitative estimate of drug-likeness (QED) is 0.119. The Morgan fingerprint density at radius 1 is 0.561 bits per heavy atom. The van der Waals surface area contributed by atoms with E-state index in [1.165, 1.54) is 21.5 Å². The van der Waals surface area contributed by atoms with Crippen molar-refractivity contribution in [3.63, 3.8) is 0 Å². The van der Waals surface area contributed by atoms with E-state index in [1.54, 1.807) is 0 Å². The highest BCUT2D eigenvalue weighted by atomic mass is 35.5. The highest BCUT2D eigenvalue weighted by Crippen LogP contribution is 2.45. The molecule has 0 amide bonds. The normalized spacial score (nSPS) is 13.0. The van der Waals surface area contributed by atoms with Crippen molar-refractivity contribution in [2.45, 2.75) is 40.5 Å². The van der Waals surface area contributed by atoms with Crippen molar-refractivity contribution in [1.82, 2.24) is 18.8 Å². The molecule has 286 valence electrons. The number of hydrogen-bond donors (Lipinski definition) is 0. The number of benzene rings is 6. The topological polar surface area (TPSA) is 68.7 Å². The molecule has 0 bridgehead atoms. The maximum Gasteiger partial charge on any atom is 0.338 e. The van der Waals surface area contributed by atoms with Crippen molar-refractivity contribution < 1.29 is 9.13 Å².